The van der Waals surface area contributed by atoms with Crippen LogP contribution in [0.3, 0.4) is 0 Å². The van der Waals surface area contributed by atoms with E-state index in [0.717, 1.165) is 45.5 Å². The first kappa shape index (κ1) is 11.9. The fourth-order valence-electron chi connectivity index (χ4n) is 2.39. The third-order valence-electron chi connectivity index (χ3n) is 3.50. The Kier molecular flexibility index (Phi) is 4.60. The van der Waals surface area contributed by atoms with Crippen LogP contribution in [0, 0.1) is 5.92 Å². The van der Waals surface area contributed by atoms with Gasteiger partial charge in [-0.25, -0.2) is 0 Å². The minimum atomic E-state index is -0.185. The van der Waals surface area contributed by atoms with E-state index in [-0.39, 0.29) is 12.0 Å². The number of amides is 1. The molecule has 0 saturated carbocycles. The van der Waals surface area contributed by atoms with E-state index in [1.54, 1.807) is 0 Å². The molecule has 2 rings (SSSR count). The molecule has 92 valence electrons. The van der Waals surface area contributed by atoms with Crippen molar-refractivity contribution < 1.29 is 9.53 Å². The molecule has 16 heavy (non-hydrogen) atoms. The number of ether oxygens (including phenoxy) is 1. The third kappa shape index (κ3) is 3.46. The Morgan fingerprint density at radius 3 is 2.75 bits per heavy atom. The zero-order chi connectivity index (χ0) is 11.2. The molecule has 0 aliphatic carbocycles. The van der Waals surface area contributed by atoms with Gasteiger partial charge < -0.3 is 15.4 Å². The fraction of sp³-hybridized carbons (Fsp3) is 0.917. The molecule has 2 aliphatic heterocycles. The van der Waals surface area contributed by atoms with Crippen molar-refractivity contribution >= 4 is 5.91 Å². The molecule has 2 heterocycles. The quantitative estimate of drug-likeness (QED) is 0.743. The van der Waals surface area contributed by atoms with Gasteiger partial charge >= 0.3 is 0 Å². The van der Waals surface area contributed by atoms with E-state index in [9.17, 15) is 4.79 Å². The van der Waals surface area contributed by atoms with E-state index in [4.69, 9.17) is 4.74 Å². The first-order valence-corrected chi connectivity index (χ1v) is 6.46. The summed E-state index contributed by atoms with van der Waals surface area (Å²) in [6.45, 7) is 3.73. The largest absolute Gasteiger partial charge is 0.368 e. The lowest BCUT2D eigenvalue weighted by molar-refractivity contribution is -0.135. The van der Waals surface area contributed by atoms with E-state index < -0.39 is 0 Å². The van der Waals surface area contributed by atoms with Crippen LogP contribution in [0.15, 0.2) is 0 Å². The van der Waals surface area contributed by atoms with Gasteiger partial charge in [-0.3, -0.25) is 4.79 Å². The Labute approximate surface area is 97.1 Å². The summed E-state index contributed by atoms with van der Waals surface area (Å²) in [7, 11) is 0. The summed E-state index contributed by atoms with van der Waals surface area (Å²) in [6.07, 6.45) is 5.26. The molecule has 0 spiro atoms. The van der Waals surface area contributed by atoms with Crippen LogP contribution in [0.2, 0.25) is 0 Å². The van der Waals surface area contributed by atoms with Crippen LogP contribution in [0.5, 0.6) is 0 Å². The van der Waals surface area contributed by atoms with Crippen molar-refractivity contribution in [3.63, 3.8) is 0 Å². The predicted molar refractivity (Wildman–Crippen MR) is 62.2 cm³/mol. The summed E-state index contributed by atoms with van der Waals surface area (Å²) in [4.78, 5) is 11.8. The first-order chi connectivity index (χ1) is 7.86. The second-order valence-corrected chi connectivity index (χ2v) is 4.79. The summed E-state index contributed by atoms with van der Waals surface area (Å²) in [6, 6.07) is 0. The van der Waals surface area contributed by atoms with Crippen molar-refractivity contribution in [2.75, 3.05) is 26.2 Å². The van der Waals surface area contributed by atoms with Crippen molar-refractivity contribution in [3.05, 3.63) is 0 Å². The Morgan fingerprint density at radius 2 is 2.06 bits per heavy atom. The second-order valence-electron chi connectivity index (χ2n) is 4.79. The lowest BCUT2D eigenvalue weighted by Gasteiger charge is -2.25. The Bertz CT molecular complexity index is 221. The molecule has 4 nitrogen and oxygen atoms in total. The van der Waals surface area contributed by atoms with Gasteiger partial charge in [0.05, 0.1) is 0 Å². The molecule has 0 aromatic carbocycles. The highest BCUT2D eigenvalue weighted by Crippen LogP contribution is 2.14. The van der Waals surface area contributed by atoms with Gasteiger partial charge in [0.2, 0.25) is 5.91 Å². The zero-order valence-electron chi connectivity index (χ0n) is 9.84. The van der Waals surface area contributed by atoms with E-state index in [1.165, 1.54) is 12.8 Å². The number of hydrogen-bond acceptors (Lipinski definition) is 3. The zero-order valence-corrected chi connectivity index (χ0v) is 9.84. The smallest absolute Gasteiger partial charge is 0.249 e. The maximum atomic E-state index is 11.8. The van der Waals surface area contributed by atoms with E-state index in [2.05, 4.69) is 10.6 Å². The summed E-state index contributed by atoms with van der Waals surface area (Å²) in [5.74, 6) is 0.743. The molecule has 2 N–H and O–H groups in total. The van der Waals surface area contributed by atoms with Crippen molar-refractivity contribution in [1.82, 2.24) is 10.6 Å². The molecule has 1 unspecified atom stereocenters. The SMILES string of the molecule is O=C(NCC1CCNCC1)C1CCCCO1. The highest BCUT2D eigenvalue weighted by Gasteiger charge is 2.22. The molecule has 0 radical (unpaired) electrons. The van der Waals surface area contributed by atoms with E-state index in [1.807, 2.05) is 0 Å². The maximum Gasteiger partial charge on any atom is 0.249 e. The Balaban J connectivity index is 1.65. The first-order valence-electron chi connectivity index (χ1n) is 6.46. The van der Waals surface area contributed by atoms with Gasteiger partial charge in [-0.2, -0.15) is 0 Å². The standard InChI is InChI=1S/C12H22N2O2/c15-12(11-3-1-2-8-16-11)14-9-10-4-6-13-7-5-10/h10-11,13H,1-9H2,(H,14,15). The lowest BCUT2D eigenvalue weighted by Crippen LogP contribution is -2.42. The van der Waals surface area contributed by atoms with Crippen molar-refractivity contribution in [2.45, 2.75) is 38.2 Å². The molecule has 2 fully saturated rings. The van der Waals surface area contributed by atoms with Crippen LogP contribution in [-0.2, 0) is 9.53 Å². The van der Waals surface area contributed by atoms with Crippen molar-refractivity contribution in [3.8, 4) is 0 Å². The molecular formula is C12H22N2O2. The highest BCUT2D eigenvalue weighted by atomic mass is 16.5. The molecule has 0 aromatic rings. The Morgan fingerprint density at radius 1 is 1.25 bits per heavy atom. The minimum Gasteiger partial charge on any atom is -0.368 e. The number of hydrogen-bond donors (Lipinski definition) is 2. The topological polar surface area (TPSA) is 50.4 Å². The van der Waals surface area contributed by atoms with Crippen molar-refractivity contribution in [1.29, 1.82) is 0 Å². The molecule has 1 amide bonds. The second kappa shape index (κ2) is 6.21. The number of carbonyl (C=O) groups excluding carboxylic acids is 1. The minimum absolute atomic E-state index is 0.0956. The number of piperidine rings is 1. The molecular weight excluding hydrogens is 204 g/mol. The van der Waals surface area contributed by atoms with Crippen LogP contribution in [0.4, 0.5) is 0 Å². The summed E-state index contributed by atoms with van der Waals surface area (Å²) in [5.41, 5.74) is 0. The molecule has 1 atom stereocenters. The highest BCUT2D eigenvalue weighted by molar-refractivity contribution is 5.80. The van der Waals surface area contributed by atoms with Gasteiger partial charge in [0.1, 0.15) is 6.10 Å². The molecule has 2 aliphatic rings. The third-order valence-corrected chi connectivity index (χ3v) is 3.50. The van der Waals surface area contributed by atoms with Gasteiger partial charge in [0, 0.05) is 13.2 Å². The summed E-state index contributed by atoms with van der Waals surface area (Å²) in [5, 5.41) is 6.36. The van der Waals surface area contributed by atoms with Crippen LogP contribution < -0.4 is 10.6 Å². The summed E-state index contributed by atoms with van der Waals surface area (Å²) >= 11 is 0. The fourth-order valence-corrected chi connectivity index (χ4v) is 2.39. The van der Waals surface area contributed by atoms with Crippen LogP contribution in [-0.4, -0.2) is 38.3 Å². The molecule has 4 heteroatoms. The van der Waals surface area contributed by atoms with Gasteiger partial charge in [0.25, 0.3) is 0 Å². The average Bonchev–Trinajstić information content (AvgIpc) is 2.38. The van der Waals surface area contributed by atoms with Crippen LogP contribution in [0.1, 0.15) is 32.1 Å². The van der Waals surface area contributed by atoms with Crippen molar-refractivity contribution in [2.24, 2.45) is 5.92 Å². The van der Waals surface area contributed by atoms with E-state index >= 15 is 0 Å². The lowest BCUT2D eigenvalue weighted by atomic mass is 9.98. The number of nitrogens with one attached hydrogen (secondary N) is 2. The predicted octanol–water partition coefficient (Wildman–Crippen LogP) is 0.671. The van der Waals surface area contributed by atoms with Gasteiger partial charge in [-0.15, -0.1) is 0 Å². The monoisotopic (exact) mass is 226 g/mol. The average molecular weight is 226 g/mol. The normalized spacial score (nSPS) is 27.6. The molecule has 0 bridgehead atoms. The number of carbonyl (C=O) groups is 1. The van der Waals surface area contributed by atoms with Gasteiger partial charge in [-0.1, -0.05) is 0 Å². The molecule has 2 saturated heterocycles. The molecule has 0 aromatic heterocycles. The maximum absolute atomic E-state index is 11.8. The summed E-state index contributed by atoms with van der Waals surface area (Å²) < 4.78 is 5.46. The van der Waals surface area contributed by atoms with Gasteiger partial charge in [0.15, 0.2) is 0 Å². The van der Waals surface area contributed by atoms with Crippen LogP contribution in [0.25, 0.3) is 0 Å². The van der Waals surface area contributed by atoms with E-state index in [0.29, 0.717) is 5.92 Å². The van der Waals surface area contributed by atoms with Gasteiger partial charge in [-0.05, 0) is 51.1 Å². The number of rotatable bonds is 3. The Hall–Kier alpha value is -0.610. The van der Waals surface area contributed by atoms with Crippen LogP contribution >= 0.6 is 0 Å².